The quantitative estimate of drug-likeness (QED) is 0.693. The molecule has 0 atom stereocenters. The fourth-order valence-electron chi connectivity index (χ4n) is 1.34. The van der Waals surface area contributed by atoms with Gasteiger partial charge in [-0.1, -0.05) is 23.7 Å². The van der Waals surface area contributed by atoms with Crippen LogP contribution in [0.15, 0.2) is 24.3 Å². The Hall–Kier alpha value is -1.35. The van der Waals surface area contributed by atoms with Crippen molar-refractivity contribution in [2.24, 2.45) is 0 Å². The van der Waals surface area contributed by atoms with E-state index in [4.69, 9.17) is 11.6 Å². The summed E-state index contributed by atoms with van der Waals surface area (Å²) >= 11 is 5.97. The van der Waals surface area contributed by atoms with Gasteiger partial charge in [-0.15, -0.1) is 10.1 Å². The Morgan fingerprint density at radius 2 is 2.21 bits per heavy atom. The van der Waals surface area contributed by atoms with E-state index in [1.165, 1.54) is 0 Å². The Balaban J connectivity index is 2.25. The summed E-state index contributed by atoms with van der Waals surface area (Å²) in [7, 11) is 0. The van der Waals surface area contributed by atoms with E-state index >= 15 is 0 Å². The molecule has 0 aliphatic carbocycles. The van der Waals surface area contributed by atoms with Gasteiger partial charge >= 0.3 is 0 Å². The van der Waals surface area contributed by atoms with Crippen LogP contribution in [0.4, 0.5) is 0 Å². The van der Waals surface area contributed by atoms with Crippen molar-refractivity contribution in [2.45, 2.75) is 6.42 Å². The molecule has 1 heterocycles. The van der Waals surface area contributed by atoms with Gasteiger partial charge < -0.3 is 0 Å². The summed E-state index contributed by atoms with van der Waals surface area (Å²) in [4.78, 5) is 10.9. The maximum atomic E-state index is 10.9. The van der Waals surface area contributed by atoms with Gasteiger partial charge in [-0.25, -0.2) is 0 Å². The summed E-state index contributed by atoms with van der Waals surface area (Å²) in [5, 5.41) is 0.689. The lowest BCUT2D eigenvalue weighted by Gasteiger charge is -1.94. The first kappa shape index (κ1) is 9.21. The van der Waals surface area contributed by atoms with Crippen molar-refractivity contribution in [3.8, 4) is 0 Å². The van der Waals surface area contributed by atoms with Crippen LogP contribution in [0.1, 0.15) is 12.0 Å². The third kappa shape index (κ3) is 1.93. The molecule has 2 rings (SSSR count). The van der Waals surface area contributed by atoms with Gasteiger partial charge in [-0.05, 0) is 12.1 Å². The van der Waals surface area contributed by atoms with Crippen molar-refractivity contribution in [2.75, 3.05) is 6.54 Å². The Morgan fingerprint density at radius 3 is 2.86 bits per heavy atom. The molecular formula is C10H10ClN2O+. The zero-order valence-corrected chi connectivity index (χ0v) is 8.29. The zero-order chi connectivity index (χ0) is 9.97. The van der Waals surface area contributed by atoms with Gasteiger partial charge in [-0.3, -0.25) is 4.79 Å². The molecule has 4 heteroatoms. The molecule has 72 valence electrons. The standard InChI is InChI=1S/C10H9ClN2O/c11-9-4-2-1-3-8(9)7-13-6-5-10(14)12-13/h1-4,7H,5-6H2/p+1/b13-7+. The van der Waals surface area contributed by atoms with Crippen molar-refractivity contribution < 1.29 is 9.48 Å². The fourth-order valence-corrected chi connectivity index (χ4v) is 1.52. The maximum absolute atomic E-state index is 10.9. The second kappa shape index (κ2) is 3.80. The second-order valence-corrected chi connectivity index (χ2v) is 3.54. The van der Waals surface area contributed by atoms with Crippen LogP contribution >= 0.6 is 11.6 Å². The summed E-state index contributed by atoms with van der Waals surface area (Å²) < 4.78 is 1.75. The first-order valence-electron chi connectivity index (χ1n) is 4.41. The molecule has 1 aromatic carbocycles. The van der Waals surface area contributed by atoms with Gasteiger partial charge in [-0.2, -0.15) is 0 Å². The highest BCUT2D eigenvalue weighted by Crippen LogP contribution is 2.12. The molecular weight excluding hydrogens is 200 g/mol. The van der Waals surface area contributed by atoms with E-state index in [0.717, 1.165) is 5.56 Å². The lowest BCUT2D eigenvalue weighted by atomic mass is 10.2. The second-order valence-electron chi connectivity index (χ2n) is 3.13. The number of hydrazone groups is 1. The maximum Gasteiger partial charge on any atom is 0.280 e. The fraction of sp³-hybridized carbons (Fsp3) is 0.200. The van der Waals surface area contributed by atoms with Crippen LogP contribution in [0.5, 0.6) is 0 Å². The summed E-state index contributed by atoms with van der Waals surface area (Å²) in [6.45, 7) is 0.698. The third-order valence-corrected chi connectivity index (χ3v) is 2.39. The van der Waals surface area contributed by atoms with E-state index in [9.17, 15) is 4.79 Å². The number of hydrazine groups is 1. The van der Waals surface area contributed by atoms with E-state index in [1.807, 2.05) is 30.5 Å². The minimum absolute atomic E-state index is 0.0494. The number of nitrogens with zero attached hydrogens (tertiary/aromatic N) is 1. The zero-order valence-electron chi connectivity index (χ0n) is 7.53. The smallest absolute Gasteiger partial charge is 0.269 e. The van der Waals surface area contributed by atoms with E-state index in [1.54, 1.807) is 4.68 Å². The molecule has 0 spiro atoms. The first-order valence-corrected chi connectivity index (χ1v) is 4.79. The molecule has 1 aliphatic heterocycles. The Bertz CT molecular complexity index is 401. The summed E-state index contributed by atoms with van der Waals surface area (Å²) in [5.41, 5.74) is 3.62. The van der Waals surface area contributed by atoms with Gasteiger partial charge in [0.15, 0.2) is 6.54 Å². The summed E-state index contributed by atoms with van der Waals surface area (Å²) in [6, 6.07) is 7.52. The minimum Gasteiger partial charge on any atom is -0.269 e. The molecule has 1 fully saturated rings. The van der Waals surface area contributed by atoms with Crippen LogP contribution in [-0.2, 0) is 4.79 Å². The van der Waals surface area contributed by atoms with Gasteiger partial charge in [0.05, 0.1) is 17.0 Å². The number of benzene rings is 1. The number of hydrogen-bond donors (Lipinski definition) is 1. The third-order valence-electron chi connectivity index (χ3n) is 2.05. The highest BCUT2D eigenvalue weighted by Gasteiger charge is 2.20. The van der Waals surface area contributed by atoms with E-state index in [-0.39, 0.29) is 5.91 Å². The van der Waals surface area contributed by atoms with Gasteiger partial charge in [0.2, 0.25) is 6.21 Å². The first-order chi connectivity index (χ1) is 6.75. The summed E-state index contributed by atoms with van der Waals surface area (Å²) in [5.74, 6) is 0.0494. The summed E-state index contributed by atoms with van der Waals surface area (Å²) in [6.07, 6.45) is 2.38. The molecule has 0 bridgehead atoms. The Morgan fingerprint density at radius 1 is 1.43 bits per heavy atom. The van der Waals surface area contributed by atoms with E-state index in [2.05, 4.69) is 5.43 Å². The van der Waals surface area contributed by atoms with Crippen LogP contribution in [0.2, 0.25) is 5.02 Å². The number of hydrogen-bond acceptors (Lipinski definition) is 1. The average Bonchev–Trinajstić information content (AvgIpc) is 2.56. The van der Waals surface area contributed by atoms with Gasteiger partial charge in [0.1, 0.15) is 0 Å². The van der Waals surface area contributed by atoms with Crippen molar-refractivity contribution in [3.05, 3.63) is 34.9 Å². The van der Waals surface area contributed by atoms with Crippen LogP contribution in [0.3, 0.4) is 0 Å². The number of carbonyl (C=O) groups excluding carboxylic acids is 1. The molecule has 3 nitrogen and oxygen atoms in total. The van der Waals surface area contributed by atoms with Gasteiger partial charge in [0.25, 0.3) is 5.91 Å². The monoisotopic (exact) mass is 209 g/mol. The number of halogens is 1. The molecule has 0 radical (unpaired) electrons. The molecule has 0 unspecified atom stereocenters. The molecule has 0 aromatic heterocycles. The van der Waals surface area contributed by atoms with Crippen LogP contribution in [0.25, 0.3) is 0 Å². The van der Waals surface area contributed by atoms with Crippen molar-refractivity contribution in [1.82, 2.24) is 5.43 Å². The van der Waals surface area contributed by atoms with E-state index in [0.29, 0.717) is 18.0 Å². The van der Waals surface area contributed by atoms with Crippen LogP contribution in [0, 0.1) is 0 Å². The molecule has 1 saturated heterocycles. The van der Waals surface area contributed by atoms with Crippen molar-refractivity contribution >= 4 is 23.7 Å². The predicted octanol–water partition coefficient (Wildman–Crippen LogP) is 1.21. The number of nitrogens with one attached hydrogen (secondary N) is 1. The number of rotatable bonds is 1. The molecule has 14 heavy (non-hydrogen) atoms. The predicted molar refractivity (Wildman–Crippen MR) is 54.5 cm³/mol. The SMILES string of the molecule is O=C1CC/[N+](=C\c2ccccc2Cl)N1. The molecule has 1 aromatic rings. The molecule has 1 aliphatic rings. The Labute approximate surface area is 87.0 Å². The van der Waals surface area contributed by atoms with E-state index < -0.39 is 0 Å². The largest absolute Gasteiger partial charge is 0.280 e. The average molecular weight is 210 g/mol. The molecule has 0 saturated carbocycles. The lowest BCUT2D eigenvalue weighted by molar-refractivity contribution is -0.553. The highest BCUT2D eigenvalue weighted by molar-refractivity contribution is 6.32. The van der Waals surface area contributed by atoms with Crippen LogP contribution < -0.4 is 5.43 Å². The normalized spacial score (nSPS) is 18.6. The number of amides is 1. The molecule has 1 amide bonds. The minimum atomic E-state index is 0.0494. The Kier molecular flexibility index (Phi) is 2.50. The molecule has 1 N–H and O–H groups in total. The van der Waals surface area contributed by atoms with Crippen molar-refractivity contribution in [1.29, 1.82) is 0 Å². The lowest BCUT2D eigenvalue weighted by Crippen LogP contribution is -2.25. The highest BCUT2D eigenvalue weighted by atomic mass is 35.5. The number of carbonyl (C=O) groups is 1. The van der Waals surface area contributed by atoms with Crippen molar-refractivity contribution in [3.63, 3.8) is 0 Å². The van der Waals surface area contributed by atoms with Gasteiger partial charge in [0, 0.05) is 0 Å². The topological polar surface area (TPSA) is 32.1 Å². The van der Waals surface area contributed by atoms with Crippen LogP contribution in [-0.4, -0.2) is 23.4 Å².